The maximum Gasteiger partial charge on any atom is 0.134 e. The van der Waals surface area contributed by atoms with Gasteiger partial charge in [0.1, 0.15) is 17.3 Å². The summed E-state index contributed by atoms with van der Waals surface area (Å²) in [6, 6.07) is 14.8. The van der Waals surface area contributed by atoms with E-state index in [1.165, 1.54) is 6.26 Å². The average molecular weight is 227 g/mol. The maximum atomic E-state index is 10.3. The van der Waals surface area contributed by atoms with E-state index in [9.17, 15) is 10.4 Å². The molecule has 0 saturated carbocycles. The van der Waals surface area contributed by atoms with Crippen molar-refractivity contribution in [3.05, 3.63) is 60.1 Å². The molecule has 17 heavy (non-hydrogen) atoms. The lowest BCUT2D eigenvalue weighted by Crippen LogP contribution is -2.28. The highest BCUT2D eigenvalue weighted by Gasteiger charge is 2.37. The molecular weight excluding hydrogens is 214 g/mol. The van der Waals surface area contributed by atoms with Gasteiger partial charge in [-0.3, -0.25) is 0 Å². The number of nitrogens with zero attached hydrogens (tertiary/aromatic N) is 1. The Kier molecular flexibility index (Phi) is 2.99. The Labute approximate surface area is 99.9 Å². The monoisotopic (exact) mass is 227 g/mol. The topological polar surface area (TPSA) is 57.2 Å². The van der Waals surface area contributed by atoms with E-state index >= 15 is 0 Å². The first-order chi connectivity index (χ1) is 8.18. The standard InChI is InChI=1S/C14H13NO2/c1-14(10-15,11-6-3-2-4-7-11)13(16)12-8-5-9-17-12/h2-9,13,16H,1H3/t13-,14-/m0/s1. The van der Waals surface area contributed by atoms with E-state index in [-0.39, 0.29) is 0 Å². The van der Waals surface area contributed by atoms with E-state index in [0.29, 0.717) is 5.76 Å². The van der Waals surface area contributed by atoms with Crippen molar-refractivity contribution in [2.45, 2.75) is 18.4 Å². The van der Waals surface area contributed by atoms with Crippen molar-refractivity contribution in [1.82, 2.24) is 0 Å². The van der Waals surface area contributed by atoms with Crippen LogP contribution in [0.3, 0.4) is 0 Å². The largest absolute Gasteiger partial charge is 0.467 e. The number of benzene rings is 1. The lowest BCUT2D eigenvalue weighted by atomic mass is 9.78. The second-order valence-electron chi connectivity index (χ2n) is 4.10. The van der Waals surface area contributed by atoms with Gasteiger partial charge in [-0.15, -0.1) is 0 Å². The van der Waals surface area contributed by atoms with E-state index in [0.717, 1.165) is 5.56 Å². The molecule has 0 aliphatic carbocycles. The summed E-state index contributed by atoms with van der Waals surface area (Å²) in [6.07, 6.45) is 0.506. The number of rotatable bonds is 3. The van der Waals surface area contributed by atoms with Gasteiger partial charge in [0.15, 0.2) is 0 Å². The van der Waals surface area contributed by atoms with Crippen LogP contribution in [-0.4, -0.2) is 5.11 Å². The normalized spacial score (nSPS) is 15.8. The van der Waals surface area contributed by atoms with Gasteiger partial charge in [0.2, 0.25) is 0 Å². The molecule has 0 spiro atoms. The molecule has 1 aromatic carbocycles. The number of aliphatic hydroxyl groups is 1. The highest BCUT2D eigenvalue weighted by molar-refractivity contribution is 5.34. The Morgan fingerprint density at radius 1 is 1.24 bits per heavy atom. The first-order valence-electron chi connectivity index (χ1n) is 5.37. The Bertz CT molecular complexity index is 513. The van der Waals surface area contributed by atoms with Gasteiger partial charge >= 0.3 is 0 Å². The number of aliphatic hydroxyl groups excluding tert-OH is 1. The smallest absolute Gasteiger partial charge is 0.134 e. The van der Waals surface area contributed by atoms with E-state index < -0.39 is 11.5 Å². The van der Waals surface area contributed by atoms with Crippen molar-refractivity contribution < 1.29 is 9.52 Å². The van der Waals surface area contributed by atoms with E-state index in [2.05, 4.69) is 6.07 Å². The van der Waals surface area contributed by atoms with Crippen molar-refractivity contribution in [2.24, 2.45) is 0 Å². The van der Waals surface area contributed by atoms with Crippen molar-refractivity contribution >= 4 is 0 Å². The predicted octanol–water partition coefficient (Wildman–Crippen LogP) is 2.79. The van der Waals surface area contributed by atoms with Gasteiger partial charge in [-0.2, -0.15) is 5.26 Å². The van der Waals surface area contributed by atoms with E-state index in [1.807, 2.05) is 30.3 Å². The van der Waals surface area contributed by atoms with Gasteiger partial charge in [-0.05, 0) is 24.6 Å². The quantitative estimate of drug-likeness (QED) is 0.877. The van der Waals surface area contributed by atoms with Crippen LogP contribution in [0, 0.1) is 11.3 Å². The summed E-state index contributed by atoms with van der Waals surface area (Å²) in [5.74, 6) is 0.401. The highest BCUT2D eigenvalue weighted by atomic mass is 16.4. The second kappa shape index (κ2) is 4.44. The first kappa shape index (κ1) is 11.4. The molecule has 0 fully saturated rings. The van der Waals surface area contributed by atoms with Crippen LogP contribution < -0.4 is 0 Å². The summed E-state index contributed by atoms with van der Waals surface area (Å²) in [5, 5.41) is 19.6. The lowest BCUT2D eigenvalue weighted by molar-refractivity contribution is 0.0960. The van der Waals surface area contributed by atoms with E-state index in [4.69, 9.17) is 4.42 Å². The molecule has 1 heterocycles. The maximum absolute atomic E-state index is 10.3. The Balaban J connectivity index is 2.43. The van der Waals surface area contributed by atoms with Crippen LogP contribution in [0.25, 0.3) is 0 Å². The Morgan fingerprint density at radius 2 is 1.94 bits per heavy atom. The highest BCUT2D eigenvalue weighted by Crippen LogP contribution is 2.36. The molecular formula is C14H13NO2. The molecule has 0 aliphatic rings. The number of hydrogen-bond donors (Lipinski definition) is 1. The zero-order valence-corrected chi connectivity index (χ0v) is 9.50. The lowest BCUT2D eigenvalue weighted by Gasteiger charge is -2.26. The molecule has 0 amide bonds. The molecule has 3 heteroatoms. The third-order valence-electron chi connectivity index (χ3n) is 2.97. The minimum atomic E-state index is -1.01. The molecule has 2 aromatic rings. The summed E-state index contributed by atoms with van der Waals surface area (Å²) in [5.41, 5.74) is -0.245. The van der Waals surface area contributed by atoms with Crippen molar-refractivity contribution in [1.29, 1.82) is 5.26 Å². The molecule has 0 unspecified atom stereocenters. The molecule has 3 nitrogen and oxygen atoms in total. The summed E-state index contributed by atoms with van der Waals surface area (Å²) in [6.45, 7) is 1.70. The molecule has 0 aliphatic heterocycles. The van der Waals surface area contributed by atoms with Crippen LogP contribution in [0.1, 0.15) is 24.4 Å². The number of nitriles is 1. The average Bonchev–Trinajstić information content (AvgIpc) is 2.92. The van der Waals surface area contributed by atoms with Crippen LogP contribution in [0.5, 0.6) is 0 Å². The number of furan rings is 1. The summed E-state index contributed by atoms with van der Waals surface area (Å²) in [7, 11) is 0. The van der Waals surface area contributed by atoms with Crippen molar-refractivity contribution in [3.8, 4) is 6.07 Å². The van der Waals surface area contributed by atoms with Crippen LogP contribution in [-0.2, 0) is 5.41 Å². The molecule has 2 atom stereocenters. The fourth-order valence-electron chi connectivity index (χ4n) is 1.80. The first-order valence-corrected chi connectivity index (χ1v) is 5.37. The van der Waals surface area contributed by atoms with E-state index in [1.54, 1.807) is 19.1 Å². The van der Waals surface area contributed by atoms with Crippen LogP contribution >= 0.6 is 0 Å². The van der Waals surface area contributed by atoms with Crippen LogP contribution in [0.15, 0.2) is 53.1 Å². The fraction of sp³-hybridized carbons (Fsp3) is 0.214. The van der Waals surface area contributed by atoms with Gasteiger partial charge in [-0.1, -0.05) is 30.3 Å². The van der Waals surface area contributed by atoms with Crippen LogP contribution in [0.4, 0.5) is 0 Å². The van der Waals surface area contributed by atoms with Crippen LogP contribution in [0.2, 0.25) is 0 Å². The minimum absolute atomic E-state index is 0.401. The number of hydrogen-bond acceptors (Lipinski definition) is 3. The van der Waals surface area contributed by atoms with Gasteiger partial charge in [0.25, 0.3) is 0 Å². The van der Waals surface area contributed by atoms with Gasteiger partial charge in [0.05, 0.1) is 12.3 Å². The van der Waals surface area contributed by atoms with Crippen molar-refractivity contribution in [3.63, 3.8) is 0 Å². The third kappa shape index (κ3) is 1.95. The molecule has 1 N–H and O–H groups in total. The van der Waals surface area contributed by atoms with Gasteiger partial charge < -0.3 is 9.52 Å². The van der Waals surface area contributed by atoms with Gasteiger partial charge in [-0.25, -0.2) is 0 Å². The minimum Gasteiger partial charge on any atom is -0.467 e. The zero-order chi connectivity index (χ0) is 12.3. The Hall–Kier alpha value is -2.05. The van der Waals surface area contributed by atoms with Crippen molar-refractivity contribution in [2.75, 3.05) is 0 Å². The molecule has 0 bridgehead atoms. The summed E-state index contributed by atoms with van der Waals surface area (Å²) in [4.78, 5) is 0. The predicted molar refractivity (Wildman–Crippen MR) is 63.1 cm³/mol. The summed E-state index contributed by atoms with van der Waals surface area (Å²) >= 11 is 0. The Morgan fingerprint density at radius 3 is 2.47 bits per heavy atom. The molecule has 1 aromatic heterocycles. The third-order valence-corrected chi connectivity index (χ3v) is 2.97. The fourth-order valence-corrected chi connectivity index (χ4v) is 1.80. The molecule has 0 saturated heterocycles. The second-order valence-corrected chi connectivity index (χ2v) is 4.10. The molecule has 0 radical (unpaired) electrons. The summed E-state index contributed by atoms with van der Waals surface area (Å²) < 4.78 is 5.16. The molecule has 86 valence electrons. The SMILES string of the molecule is C[C@](C#N)(c1ccccc1)[C@@H](O)c1ccco1. The molecule has 2 rings (SSSR count). The van der Waals surface area contributed by atoms with Gasteiger partial charge in [0, 0.05) is 0 Å². The zero-order valence-electron chi connectivity index (χ0n) is 9.50.